The third-order valence-electron chi connectivity index (χ3n) is 3.75. The molecular weight excluding hydrogens is 322 g/mol. The zero-order chi connectivity index (χ0) is 18.1. The lowest BCUT2D eigenvalue weighted by Crippen LogP contribution is -1.95. The molecule has 3 nitrogen and oxygen atoms in total. The zero-order valence-corrected chi connectivity index (χ0v) is 14.5. The fourth-order valence-corrected chi connectivity index (χ4v) is 2.40. The highest BCUT2D eigenvalue weighted by Gasteiger charge is 2.10. The Morgan fingerprint density at radius 1 is 0.920 bits per heavy atom. The number of unbranched alkanes of at least 4 members (excludes halogenated alkanes) is 2. The number of halogens is 2. The summed E-state index contributed by atoms with van der Waals surface area (Å²) in [5.41, 5.74) is 2.50. The summed E-state index contributed by atoms with van der Waals surface area (Å²) >= 11 is 0. The first-order valence-corrected chi connectivity index (χ1v) is 8.32. The van der Waals surface area contributed by atoms with Gasteiger partial charge in [-0.2, -0.15) is 10.2 Å². The number of methoxy groups -OCH3 is 1. The van der Waals surface area contributed by atoms with Gasteiger partial charge in [0.25, 0.3) is 0 Å². The summed E-state index contributed by atoms with van der Waals surface area (Å²) in [6, 6.07) is 10.4. The van der Waals surface area contributed by atoms with Crippen LogP contribution in [0.2, 0.25) is 0 Å². The molecule has 5 heteroatoms. The summed E-state index contributed by atoms with van der Waals surface area (Å²) in [6.07, 6.45) is 7.63. The smallest absolute Gasteiger partial charge is 0.190 e. The number of hydrogen-bond acceptors (Lipinski definition) is 3. The molecule has 0 aliphatic rings. The summed E-state index contributed by atoms with van der Waals surface area (Å²) < 4.78 is 31.8. The van der Waals surface area contributed by atoms with Crippen molar-refractivity contribution in [2.45, 2.75) is 32.6 Å². The molecule has 2 aromatic rings. The number of aryl methyl sites for hydroxylation is 1. The Bertz CT molecular complexity index is 717. The molecular formula is C20H22F2N2O. The SMILES string of the molecule is CCCCCc1ccc(C=NN=Cc2cc(F)c(OC)c(F)c2)cc1. The molecule has 0 saturated heterocycles. The van der Waals surface area contributed by atoms with Crippen molar-refractivity contribution in [3.63, 3.8) is 0 Å². The quantitative estimate of drug-likeness (QED) is 0.370. The van der Waals surface area contributed by atoms with Crippen LogP contribution >= 0.6 is 0 Å². The van der Waals surface area contributed by atoms with E-state index in [0.717, 1.165) is 24.1 Å². The Morgan fingerprint density at radius 3 is 2.08 bits per heavy atom. The van der Waals surface area contributed by atoms with Crippen LogP contribution < -0.4 is 4.74 Å². The van der Waals surface area contributed by atoms with Crippen LogP contribution in [0, 0.1) is 11.6 Å². The molecule has 132 valence electrons. The summed E-state index contributed by atoms with van der Waals surface area (Å²) in [7, 11) is 1.22. The van der Waals surface area contributed by atoms with E-state index in [-0.39, 0.29) is 5.56 Å². The van der Waals surface area contributed by atoms with E-state index < -0.39 is 17.4 Å². The minimum atomic E-state index is -0.772. The van der Waals surface area contributed by atoms with Gasteiger partial charge in [-0.05, 0) is 36.1 Å². The monoisotopic (exact) mass is 344 g/mol. The maximum atomic E-state index is 13.6. The van der Waals surface area contributed by atoms with Gasteiger partial charge >= 0.3 is 0 Å². The lowest BCUT2D eigenvalue weighted by Gasteiger charge is -2.03. The predicted octanol–water partition coefficient (Wildman–Crippen LogP) is 5.16. The van der Waals surface area contributed by atoms with Crippen LogP contribution in [-0.2, 0) is 6.42 Å². The molecule has 0 amide bonds. The van der Waals surface area contributed by atoms with Crippen LogP contribution in [0.5, 0.6) is 5.75 Å². The van der Waals surface area contributed by atoms with E-state index in [2.05, 4.69) is 34.0 Å². The van der Waals surface area contributed by atoms with Crippen LogP contribution in [-0.4, -0.2) is 19.5 Å². The van der Waals surface area contributed by atoms with Gasteiger partial charge in [-0.15, -0.1) is 0 Å². The van der Waals surface area contributed by atoms with Gasteiger partial charge < -0.3 is 4.74 Å². The second kappa shape index (κ2) is 9.67. The summed E-state index contributed by atoms with van der Waals surface area (Å²) in [6.45, 7) is 2.19. The minimum absolute atomic E-state index is 0.277. The first-order chi connectivity index (χ1) is 12.1. The summed E-state index contributed by atoms with van der Waals surface area (Å²) in [5, 5.41) is 7.74. The Morgan fingerprint density at radius 2 is 1.52 bits per heavy atom. The van der Waals surface area contributed by atoms with Crippen molar-refractivity contribution >= 4 is 12.4 Å². The highest BCUT2D eigenvalue weighted by Crippen LogP contribution is 2.22. The normalized spacial score (nSPS) is 11.5. The van der Waals surface area contributed by atoms with Crippen molar-refractivity contribution in [1.82, 2.24) is 0 Å². The van der Waals surface area contributed by atoms with Gasteiger partial charge in [-0.3, -0.25) is 0 Å². The molecule has 0 bridgehead atoms. The van der Waals surface area contributed by atoms with Crippen LogP contribution in [0.4, 0.5) is 8.78 Å². The fourth-order valence-electron chi connectivity index (χ4n) is 2.40. The van der Waals surface area contributed by atoms with Crippen molar-refractivity contribution in [2.75, 3.05) is 7.11 Å². The molecule has 25 heavy (non-hydrogen) atoms. The number of rotatable bonds is 8. The van der Waals surface area contributed by atoms with Crippen molar-refractivity contribution < 1.29 is 13.5 Å². The van der Waals surface area contributed by atoms with Gasteiger partial charge in [0.05, 0.1) is 19.5 Å². The minimum Gasteiger partial charge on any atom is -0.491 e. The molecule has 2 aromatic carbocycles. The van der Waals surface area contributed by atoms with E-state index in [4.69, 9.17) is 0 Å². The van der Waals surface area contributed by atoms with Gasteiger partial charge in [0.2, 0.25) is 0 Å². The molecule has 0 aliphatic carbocycles. The lowest BCUT2D eigenvalue weighted by atomic mass is 10.1. The van der Waals surface area contributed by atoms with E-state index in [0.29, 0.717) is 0 Å². The van der Waals surface area contributed by atoms with Crippen molar-refractivity contribution in [3.8, 4) is 5.75 Å². The van der Waals surface area contributed by atoms with Gasteiger partial charge in [0.15, 0.2) is 17.4 Å². The van der Waals surface area contributed by atoms with Crippen LogP contribution in [0.3, 0.4) is 0 Å². The maximum Gasteiger partial charge on any atom is 0.190 e. The van der Waals surface area contributed by atoms with Gasteiger partial charge in [0.1, 0.15) is 0 Å². The highest BCUT2D eigenvalue weighted by atomic mass is 19.1. The van der Waals surface area contributed by atoms with Crippen molar-refractivity contribution in [3.05, 3.63) is 64.7 Å². The fraction of sp³-hybridized carbons (Fsp3) is 0.300. The Balaban J connectivity index is 1.95. The van der Waals surface area contributed by atoms with E-state index in [1.54, 1.807) is 6.21 Å². The van der Waals surface area contributed by atoms with Crippen LogP contribution in [0.15, 0.2) is 46.6 Å². The lowest BCUT2D eigenvalue weighted by molar-refractivity contribution is 0.360. The second-order valence-corrected chi connectivity index (χ2v) is 5.71. The van der Waals surface area contributed by atoms with Crippen molar-refractivity contribution in [1.29, 1.82) is 0 Å². The molecule has 0 atom stereocenters. The van der Waals surface area contributed by atoms with E-state index in [1.165, 1.54) is 38.2 Å². The Hall–Kier alpha value is -2.56. The van der Waals surface area contributed by atoms with E-state index in [9.17, 15) is 8.78 Å². The standard InChI is InChI=1S/C20H22F2N2O/c1-3-4-5-6-15-7-9-16(10-8-15)13-23-24-14-17-11-18(21)20(25-2)19(22)12-17/h7-14H,3-6H2,1-2H3. The first-order valence-electron chi connectivity index (χ1n) is 8.32. The molecule has 0 unspecified atom stereocenters. The van der Waals surface area contributed by atoms with Crippen molar-refractivity contribution in [2.24, 2.45) is 10.2 Å². The molecule has 0 N–H and O–H groups in total. The topological polar surface area (TPSA) is 34.0 Å². The molecule has 0 radical (unpaired) electrons. The number of hydrogen-bond donors (Lipinski definition) is 0. The van der Waals surface area contributed by atoms with E-state index in [1.807, 2.05) is 12.1 Å². The Kier molecular flexibility index (Phi) is 7.26. The predicted molar refractivity (Wildman–Crippen MR) is 97.8 cm³/mol. The molecule has 0 heterocycles. The number of ether oxygens (including phenoxy) is 1. The first kappa shape index (κ1) is 18.8. The second-order valence-electron chi connectivity index (χ2n) is 5.71. The molecule has 0 saturated carbocycles. The van der Waals surface area contributed by atoms with Gasteiger partial charge in [-0.25, -0.2) is 8.78 Å². The number of benzene rings is 2. The third-order valence-corrected chi connectivity index (χ3v) is 3.75. The molecule has 0 aliphatic heterocycles. The summed E-state index contributed by atoms with van der Waals surface area (Å²) in [4.78, 5) is 0. The Labute approximate surface area is 147 Å². The van der Waals surface area contributed by atoms with E-state index >= 15 is 0 Å². The van der Waals surface area contributed by atoms with Crippen LogP contribution in [0.1, 0.15) is 42.9 Å². The molecule has 0 fully saturated rings. The zero-order valence-electron chi connectivity index (χ0n) is 14.5. The number of nitrogens with zero attached hydrogens (tertiary/aromatic N) is 2. The summed E-state index contributed by atoms with van der Waals surface area (Å²) in [5.74, 6) is -1.95. The average Bonchev–Trinajstić information content (AvgIpc) is 2.60. The van der Waals surface area contributed by atoms with Crippen LogP contribution in [0.25, 0.3) is 0 Å². The molecule has 0 spiro atoms. The van der Waals surface area contributed by atoms with Gasteiger partial charge in [-0.1, -0.05) is 44.0 Å². The third kappa shape index (κ3) is 5.78. The average molecular weight is 344 g/mol. The largest absolute Gasteiger partial charge is 0.491 e. The molecule has 0 aromatic heterocycles. The molecule has 2 rings (SSSR count). The highest BCUT2D eigenvalue weighted by molar-refractivity contribution is 5.82. The maximum absolute atomic E-state index is 13.6. The van der Waals surface area contributed by atoms with Gasteiger partial charge in [0, 0.05) is 5.56 Å².